The summed E-state index contributed by atoms with van der Waals surface area (Å²) in [5, 5.41) is 8.96. The predicted molar refractivity (Wildman–Crippen MR) is 84.2 cm³/mol. The van der Waals surface area contributed by atoms with E-state index in [-0.39, 0.29) is 0 Å². The van der Waals surface area contributed by atoms with Crippen LogP contribution in [0.5, 0.6) is 0 Å². The molecule has 0 radical (unpaired) electrons. The third kappa shape index (κ3) is 2.75. The number of rotatable bonds is 2. The van der Waals surface area contributed by atoms with Gasteiger partial charge in [-0.25, -0.2) is 4.98 Å². The van der Waals surface area contributed by atoms with E-state index < -0.39 is 0 Å². The van der Waals surface area contributed by atoms with E-state index in [2.05, 4.69) is 26.9 Å². The fourth-order valence-electron chi connectivity index (χ4n) is 2.61. The Morgan fingerprint density at radius 1 is 1.05 bits per heavy atom. The Bertz CT molecular complexity index is 668. The Hall–Kier alpha value is -2.74. The van der Waals surface area contributed by atoms with Gasteiger partial charge in [-0.1, -0.05) is 12.1 Å². The van der Waals surface area contributed by atoms with Gasteiger partial charge in [0.25, 0.3) is 0 Å². The monoisotopic (exact) mass is 279 g/mol. The molecule has 5 nitrogen and oxygen atoms in total. The van der Waals surface area contributed by atoms with Crippen molar-refractivity contribution < 1.29 is 0 Å². The van der Waals surface area contributed by atoms with Crippen LogP contribution in [0.15, 0.2) is 42.6 Å². The first-order valence-electron chi connectivity index (χ1n) is 6.98. The van der Waals surface area contributed by atoms with Gasteiger partial charge in [0.2, 0.25) is 0 Å². The topological polar surface area (TPSA) is 69.2 Å². The summed E-state index contributed by atoms with van der Waals surface area (Å²) in [6, 6.07) is 13.7. The average molecular weight is 279 g/mol. The molecule has 5 heteroatoms. The van der Waals surface area contributed by atoms with Crippen LogP contribution in [-0.2, 0) is 0 Å². The Kier molecular flexibility index (Phi) is 3.61. The van der Waals surface area contributed by atoms with Gasteiger partial charge in [-0.2, -0.15) is 5.26 Å². The Balaban J connectivity index is 1.71. The summed E-state index contributed by atoms with van der Waals surface area (Å²) >= 11 is 0. The number of aromatic nitrogens is 1. The quantitative estimate of drug-likeness (QED) is 0.850. The molecule has 2 heterocycles. The van der Waals surface area contributed by atoms with E-state index in [1.165, 1.54) is 0 Å². The molecule has 0 unspecified atom stereocenters. The minimum Gasteiger partial charge on any atom is -0.397 e. The van der Waals surface area contributed by atoms with E-state index >= 15 is 0 Å². The van der Waals surface area contributed by atoms with Crippen molar-refractivity contribution >= 4 is 17.2 Å². The maximum Gasteiger partial charge on any atom is 0.129 e. The zero-order chi connectivity index (χ0) is 14.7. The summed E-state index contributed by atoms with van der Waals surface area (Å²) in [6.07, 6.45) is 1.69. The highest BCUT2D eigenvalue weighted by Crippen LogP contribution is 2.24. The van der Waals surface area contributed by atoms with Crippen molar-refractivity contribution in [1.29, 1.82) is 5.26 Å². The highest BCUT2D eigenvalue weighted by atomic mass is 15.3. The molecular weight excluding hydrogens is 262 g/mol. The number of nitriles is 1. The van der Waals surface area contributed by atoms with Crippen molar-refractivity contribution in [1.82, 2.24) is 4.98 Å². The van der Waals surface area contributed by atoms with Gasteiger partial charge in [0.15, 0.2) is 0 Å². The summed E-state index contributed by atoms with van der Waals surface area (Å²) in [7, 11) is 0. The zero-order valence-corrected chi connectivity index (χ0v) is 11.7. The summed E-state index contributed by atoms with van der Waals surface area (Å²) in [6.45, 7) is 3.53. The number of nitrogen functional groups attached to an aromatic ring is 1. The van der Waals surface area contributed by atoms with E-state index in [4.69, 9.17) is 11.0 Å². The lowest BCUT2D eigenvalue weighted by Crippen LogP contribution is -2.47. The van der Waals surface area contributed by atoms with Crippen molar-refractivity contribution in [2.75, 3.05) is 41.7 Å². The molecule has 0 aliphatic carbocycles. The van der Waals surface area contributed by atoms with Crippen molar-refractivity contribution in [3.63, 3.8) is 0 Å². The molecule has 0 amide bonds. The molecule has 0 spiro atoms. The van der Waals surface area contributed by atoms with Crippen LogP contribution in [0, 0.1) is 11.3 Å². The molecule has 1 aliphatic rings. The Morgan fingerprint density at radius 3 is 2.48 bits per heavy atom. The van der Waals surface area contributed by atoms with Gasteiger partial charge >= 0.3 is 0 Å². The van der Waals surface area contributed by atoms with Crippen LogP contribution in [0.25, 0.3) is 0 Å². The molecule has 1 aromatic carbocycles. The Morgan fingerprint density at radius 2 is 1.76 bits per heavy atom. The number of piperazine rings is 1. The van der Waals surface area contributed by atoms with Crippen LogP contribution in [0.2, 0.25) is 0 Å². The smallest absolute Gasteiger partial charge is 0.129 e. The van der Waals surface area contributed by atoms with Gasteiger partial charge in [0, 0.05) is 32.4 Å². The molecule has 3 rings (SSSR count). The van der Waals surface area contributed by atoms with Crippen LogP contribution in [-0.4, -0.2) is 31.2 Å². The lowest BCUT2D eigenvalue weighted by atomic mass is 10.2. The molecule has 0 saturated carbocycles. The fraction of sp³-hybridized carbons (Fsp3) is 0.250. The van der Waals surface area contributed by atoms with Crippen LogP contribution >= 0.6 is 0 Å². The number of hydrogen-bond donors (Lipinski definition) is 1. The first kappa shape index (κ1) is 13.3. The lowest BCUT2D eigenvalue weighted by Gasteiger charge is -2.37. The van der Waals surface area contributed by atoms with Gasteiger partial charge in [0.05, 0.1) is 23.0 Å². The van der Waals surface area contributed by atoms with Gasteiger partial charge in [-0.3, -0.25) is 0 Å². The normalized spacial score (nSPS) is 14.8. The van der Waals surface area contributed by atoms with Crippen molar-refractivity contribution in [3.05, 3.63) is 48.2 Å². The molecule has 106 valence electrons. The third-order valence-corrected chi connectivity index (χ3v) is 3.76. The molecule has 0 atom stereocenters. The summed E-state index contributed by atoms with van der Waals surface area (Å²) < 4.78 is 0. The number of para-hydroxylation sites is 2. The van der Waals surface area contributed by atoms with E-state index in [9.17, 15) is 0 Å². The fourth-order valence-corrected chi connectivity index (χ4v) is 2.61. The number of hydrogen-bond acceptors (Lipinski definition) is 5. The number of benzene rings is 1. The van der Waals surface area contributed by atoms with Crippen LogP contribution < -0.4 is 15.5 Å². The van der Waals surface area contributed by atoms with Crippen molar-refractivity contribution in [3.8, 4) is 6.07 Å². The minimum absolute atomic E-state index is 0.648. The second kappa shape index (κ2) is 5.71. The van der Waals surface area contributed by atoms with Gasteiger partial charge in [-0.05, 0) is 24.3 Å². The van der Waals surface area contributed by atoms with Crippen molar-refractivity contribution in [2.24, 2.45) is 0 Å². The maximum atomic E-state index is 8.96. The lowest BCUT2D eigenvalue weighted by molar-refractivity contribution is 0.648. The second-order valence-corrected chi connectivity index (χ2v) is 5.05. The first-order valence-corrected chi connectivity index (χ1v) is 6.98. The van der Waals surface area contributed by atoms with Crippen LogP contribution in [0.3, 0.4) is 0 Å². The molecule has 2 aromatic rings. The zero-order valence-electron chi connectivity index (χ0n) is 11.7. The van der Waals surface area contributed by atoms with Crippen LogP contribution in [0.1, 0.15) is 5.56 Å². The number of pyridine rings is 1. The minimum atomic E-state index is 0.648. The summed E-state index contributed by atoms with van der Waals surface area (Å²) in [5.74, 6) is 0.870. The molecule has 1 saturated heterocycles. The average Bonchev–Trinajstić information content (AvgIpc) is 2.56. The number of nitrogens with two attached hydrogens (primary N) is 1. The predicted octanol–water partition coefficient (Wildman–Crippen LogP) is 1.86. The molecule has 0 bridgehead atoms. The molecule has 1 aromatic heterocycles. The second-order valence-electron chi connectivity index (χ2n) is 5.05. The largest absolute Gasteiger partial charge is 0.397 e. The van der Waals surface area contributed by atoms with E-state index in [1.54, 1.807) is 12.3 Å². The standard InChI is InChI=1S/C16H17N5/c17-12-13-5-6-19-16(11-13)21-9-7-20(8-10-21)15-4-2-1-3-14(15)18/h1-6,11H,7-10,18H2. The van der Waals surface area contributed by atoms with Gasteiger partial charge < -0.3 is 15.5 Å². The summed E-state index contributed by atoms with van der Waals surface area (Å²) in [5.41, 5.74) is 8.59. The summed E-state index contributed by atoms with van der Waals surface area (Å²) in [4.78, 5) is 8.85. The maximum absolute atomic E-state index is 8.96. The van der Waals surface area contributed by atoms with Crippen molar-refractivity contribution in [2.45, 2.75) is 0 Å². The van der Waals surface area contributed by atoms with E-state index in [0.717, 1.165) is 43.4 Å². The third-order valence-electron chi connectivity index (χ3n) is 3.76. The van der Waals surface area contributed by atoms with E-state index in [0.29, 0.717) is 5.56 Å². The molecule has 1 fully saturated rings. The number of anilines is 3. The molecule has 1 aliphatic heterocycles. The number of nitrogens with zero attached hydrogens (tertiary/aromatic N) is 4. The SMILES string of the molecule is N#Cc1ccnc(N2CCN(c3ccccc3N)CC2)c1. The molecule has 21 heavy (non-hydrogen) atoms. The first-order chi connectivity index (χ1) is 10.3. The van der Waals surface area contributed by atoms with Gasteiger partial charge in [-0.15, -0.1) is 0 Å². The molecule has 2 N–H and O–H groups in total. The highest BCUT2D eigenvalue weighted by Gasteiger charge is 2.19. The van der Waals surface area contributed by atoms with Crippen LogP contribution in [0.4, 0.5) is 17.2 Å². The molecular formula is C16H17N5. The highest BCUT2D eigenvalue weighted by molar-refractivity contribution is 5.67. The van der Waals surface area contributed by atoms with E-state index in [1.807, 2.05) is 24.3 Å². The van der Waals surface area contributed by atoms with Gasteiger partial charge in [0.1, 0.15) is 5.82 Å². The Labute approximate surface area is 124 Å².